The maximum absolute atomic E-state index is 7.10. The molecule has 1 rings (SSSR count). The first-order chi connectivity index (χ1) is 4.88. The van der Waals surface area contributed by atoms with E-state index >= 15 is 0 Å². The summed E-state index contributed by atoms with van der Waals surface area (Å²) in [5.41, 5.74) is 16.1. The van der Waals surface area contributed by atoms with Crippen molar-refractivity contribution in [3.63, 3.8) is 0 Å². The van der Waals surface area contributed by atoms with E-state index in [4.69, 9.17) is 11.5 Å². The molecule has 0 heterocycles. The second-order valence-corrected chi connectivity index (χ2v) is 2.12. The molecule has 0 saturated heterocycles. The van der Waals surface area contributed by atoms with Gasteiger partial charge in [-0.15, -0.1) is 0 Å². The highest BCUT2D eigenvalue weighted by atomic mass is 14.6. The fraction of sp³-hybridized carbons (Fsp3) is 0.250. The van der Waals surface area contributed by atoms with E-state index < -0.39 is 0 Å². The average molecular weight is 134 g/mol. The molecule has 0 unspecified atom stereocenters. The van der Waals surface area contributed by atoms with Crippen LogP contribution in [0, 0.1) is 0 Å². The van der Waals surface area contributed by atoms with Gasteiger partial charge in [0.05, 0.1) is 0 Å². The van der Waals surface area contributed by atoms with Crippen LogP contribution in [-0.2, 0) is 13.1 Å². The van der Waals surface area contributed by atoms with E-state index in [0.29, 0.717) is 0 Å². The van der Waals surface area contributed by atoms with E-state index in [1.807, 2.05) is 24.3 Å². The van der Waals surface area contributed by atoms with E-state index in [9.17, 15) is 0 Å². The molecular weight excluding hydrogens is 124 g/mol. The van der Waals surface area contributed by atoms with Crippen LogP contribution in [0.3, 0.4) is 0 Å². The van der Waals surface area contributed by atoms with E-state index in [1.165, 1.54) is 0 Å². The molecule has 2 heteroatoms. The van der Waals surface area contributed by atoms with Crippen molar-refractivity contribution >= 4 is 0 Å². The summed E-state index contributed by atoms with van der Waals surface area (Å²) in [5, 5.41) is 0. The molecule has 0 atom stereocenters. The van der Waals surface area contributed by atoms with E-state index in [1.54, 1.807) is 0 Å². The molecule has 0 aliphatic rings. The molecule has 0 amide bonds. The van der Waals surface area contributed by atoms with Gasteiger partial charge in [-0.3, -0.25) is 11.5 Å². The largest absolute Gasteiger partial charge is 0.253 e. The maximum Gasteiger partial charge on any atom is 0.0354 e. The van der Waals surface area contributed by atoms with Crippen molar-refractivity contribution in [1.29, 1.82) is 0 Å². The predicted octanol–water partition coefficient (Wildman–Crippen LogP) is 1.25. The normalized spacial score (nSPS) is 9.80. The molecule has 0 aromatic heterocycles. The third-order valence-electron chi connectivity index (χ3n) is 1.50. The molecule has 2 nitrogen and oxygen atoms in total. The van der Waals surface area contributed by atoms with Crippen LogP contribution < -0.4 is 11.5 Å². The van der Waals surface area contributed by atoms with Crippen LogP contribution >= 0.6 is 0 Å². The summed E-state index contributed by atoms with van der Waals surface area (Å²) in [4.78, 5) is 0. The molecule has 2 radical (unpaired) electrons. The van der Waals surface area contributed by atoms with Crippen LogP contribution in [0.4, 0.5) is 0 Å². The number of hydrogen-bond donors (Lipinski definition) is 0. The Hall–Kier alpha value is -0.860. The van der Waals surface area contributed by atoms with Crippen molar-refractivity contribution in [2.75, 3.05) is 0 Å². The maximum atomic E-state index is 7.10. The summed E-state index contributed by atoms with van der Waals surface area (Å²) >= 11 is 0. The summed E-state index contributed by atoms with van der Waals surface area (Å²) in [5.74, 6) is 0. The molecule has 1 aromatic carbocycles. The first-order valence-electron chi connectivity index (χ1n) is 3.24. The van der Waals surface area contributed by atoms with Crippen molar-refractivity contribution in [3.05, 3.63) is 35.4 Å². The Kier molecular flexibility index (Phi) is 2.42. The van der Waals surface area contributed by atoms with Crippen molar-refractivity contribution < 1.29 is 0 Å². The van der Waals surface area contributed by atoms with E-state index in [0.717, 1.165) is 11.1 Å². The Morgan fingerprint density at radius 1 is 0.900 bits per heavy atom. The smallest absolute Gasteiger partial charge is 0.0354 e. The minimum atomic E-state index is 0.287. The summed E-state index contributed by atoms with van der Waals surface area (Å²) in [6.07, 6.45) is 0. The fourth-order valence-electron chi connectivity index (χ4n) is 0.902. The van der Waals surface area contributed by atoms with Crippen molar-refractivity contribution in [2.24, 2.45) is 0 Å². The van der Waals surface area contributed by atoms with Crippen LogP contribution in [-0.4, -0.2) is 0 Å². The second kappa shape index (κ2) is 3.34. The monoisotopic (exact) mass is 134 g/mol. The Morgan fingerprint density at radius 3 is 1.60 bits per heavy atom. The summed E-state index contributed by atoms with van der Waals surface area (Å²) in [6.45, 7) is 0.574. The molecule has 0 spiro atoms. The molecule has 0 aliphatic carbocycles. The summed E-state index contributed by atoms with van der Waals surface area (Å²) in [7, 11) is 0. The summed E-state index contributed by atoms with van der Waals surface area (Å²) in [6, 6.07) is 7.61. The van der Waals surface area contributed by atoms with Crippen LogP contribution in [0.2, 0.25) is 0 Å². The standard InChI is InChI=1S/C8H10N2/c9-5-7-3-1-2-4-8(7)6-10/h1-4,9-10H,5-6H2. The third kappa shape index (κ3) is 1.35. The predicted molar refractivity (Wildman–Crippen MR) is 40.0 cm³/mol. The second-order valence-electron chi connectivity index (χ2n) is 2.12. The topological polar surface area (TPSA) is 47.6 Å². The highest BCUT2D eigenvalue weighted by Gasteiger charge is 1.95. The number of benzene rings is 1. The van der Waals surface area contributed by atoms with Crippen molar-refractivity contribution in [3.8, 4) is 0 Å². The Bertz CT molecular complexity index is 185. The van der Waals surface area contributed by atoms with Crippen LogP contribution in [0.5, 0.6) is 0 Å². The van der Waals surface area contributed by atoms with E-state index in [2.05, 4.69) is 0 Å². The van der Waals surface area contributed by atoms with Crippen LogP contribution in [0.25, 0.3) is 0 Å². The van der Waals surface area contributed by atoms with Gasteiger partial charge in [-0.05, 0) is 11.1 Å². The summed E-state index contributed by atoms with van der Waals surface area (Å²) < 4.78 is 0. The van der Waals surface area contributed by atoms with Crippen molar-refractivity contribution in [2.45, 2.75) is 13.1 Å². The molecule has 10 heavy (non-hydrogen) atoms. The van der Waals surface area contributed by atoms with Gasteiger partial charge in [-0.25, -0.2) is 0 Å². The van der Waals surface area contributed by atoms with Gasteiger partial charge in [0.1, 0.15) is 0 Å². The lowest BCUT2D eigenvalue weighted by atomic mass is 10.1. The number of nitrogens with one attached hydrogen (secondary N) is 2. The van der Waals surface area contributed by atoms with Gasteiger partial charge in [-0.1, -0.05) is 24.3 Å². The minimum Gasteiger partial charge on any atom is -0.253 e. The number of hydrogen-bond acceptors (Lipinski definition) is 0. The highest BCUT2D eigenvalue weighted by Crippen LogP contribution is 2.06. The molecule has 0 aliphatic heterocycles. The van der Waals surface area contributed by atoms with Crippen molar-refractivity contribution in [1.82, 2.24) is 11.5 Å². The fourth-order valence-corrected chi connectivity index (χ4v) is 0.902. The van der Waals surface area contributed by atoms with E-state index in [-0.39, 0.29) is 13.1 Å². The highest BCUT2D eigenvalue weighted by molar-refractivity contribution is 5.26. The lowest BCUT2D eigenvalue weighted by molar-refractivity contribution is 0.943. The molecule has 52 valence electrons. The van der Waals surface area contributed by atoms with Gasteiger partial charge in [0.15, 0.2) is 0 Å². The van der Waals surface area contributed by atoms with Gasteiger partial charge in [0.25, 0.3) is 0 Å². The zero-order valence-electron chi connectivity index (χ0n) is 5.72. The molecule has 0 bridgehead atoms. The average Bonchev–Trinajstić information content (AvgIpc) is 2.04. The van der Waals surface area contributed by atoms with Gasteiger partial charge in [-0.2, -0.15) is 0 Å². The molecule has 0 saturated carbocycles. The van der Waals surface area contributed by atoms with Gasteiger partial charge >= 0.3 is 0 Å². The third-order valence-corrected chi connectivity index (χ3v) is 1.50. The zero-order valence-corrected chi connectivity index (χ0v) is 5.72. The molecular formula is C8H10N2. The Labute approximate surface area is 60.8 Å². The Balaban J connectivity index is 2.96. The first kappa shape index (κ1) is 7.25. The number of rotatable bonds is 2. The minimum absolute atomic E-state index is 0.287. The van der Waals surface area contributed by atoms with Crippen LogP contribution in [0.15, 0.2) is 24.3 Å². The quantitative estimate of drug-likeness (QED) is 0.584. The zero-order chi connectivity index (χ0) is 7.40. The van der Waals surface area contributed by atoms with Gasteiger partial charge in [0.2, 0.25) is 0 Å². The lowest BCUT2D eigenvalue weighted by Crippen LogP contribution is -1.94. The van der Waals surface area contributed by atoms with Gasteiger partial charge < -0.3 is 0 Å². The lowest BCUT2D eigenvalue weighted by Gasteiger charge is -2.01. The molecule has 1 aromatic rings. The molecule has 2 N–H and O–H groups in total. The van der Waals surface area contributed by atoms with Crippen LogP contribution in [0.1, 0.15) is 11.1 Å². The molecule has 0 fully saturated rings. The van der Waals surface area contributed by atoms with Gasteiger partial charge in [0, 0.05) is 13.1 Å². The SMILES string of the molecule is [NH]Cc1ccccc1C[NH]. The Morgan fingerprint density at radius 2 is 1.30 bits per heavy atom. The first-order valence-corrected chi connectivity index (χ1v) is 3.24.